The Hall–Kier alpha value is -0.540. The maximum atomic E-state index is 10.5. The Kier molecular flexibility index (Phi) is 1.47. The number of hydrogen-bond donors (Lipinski definition) is 1. The molecule has 0 aromatic carbocycles. The van der Waals surface area contributed by atoms with Crippen molar-refractivity contribution in [3.05, 3.63) is 21.6 Å². The van der Waals surface area contributed by atoms with E-state index in [9.17, 15) is 5.21 Å². The third-order valence-electron chi connectivity index (χ3n) is 0.904. The number of nitrogens with zero attached hydrogens (tertiary/aromatic N) is 1. The lowest BCUT2D eigenvalue weighted by molar-refractivity contribution is 1.11. The summed E-state index contributed by atoms with van der Waals surface area (Å²) in [5.41, 5.74) is 5.35. The van der Waals surface area contributed by atoms with Gasteiger partial charge in [0.25, 0.3) is 0 Å². The minimum absolute atomic E-state index is 0.0694. The smallest absolute Gasteiger partial charge is 0.129 e. The van der Waals surface area contributed by atoms with Crippen molar-refractivity contribution in [3.63, 3.8) is 0 Å². The molecular formula is C4H3Cl2N2O-. The highest BCUT2D eigenvalue weighted by Crippen LogP contribution is 2.28. The molecule has 2 N–H and O–H groups in total. The second-order valence-corrected chi connectivity index (χ2v) is 2.27. The van der Waals surface area contributed by atoms with Gasteiger partial charge in [-0.1, -0.05) is 23.2 Å². The minimum atomic E-state index is -0.0694. The van der Waals surface area contributed by atoms with Gasteiger partial charge < -0.3 is 15.7 Å². The van der Waals surface area contributed by atoms with Gasteiger partial charge in [0.15, 0.2) is 0 Å². The molecule has 0 saturated heterocycles. The van der Waals surface area contributed by atoms with Gasteiger partial charge in [-0.05, 0) is 0 Å². The van der Waals surface area contributed by atoms with Gasteiger partial charge in [-0.25, -0.2) is 0 Å². The Morgan fingerprint density at radius 3 is 2.22 bits per heavy atom. The molecule has 3 nitrogen and oxygen atoms in total. The molecule has 0 bridgehead atoms. The maximum absolute atomic E-state index is 10.5. The largest absolute Gasteiger partial charge is 0.805 e. The molecule has 0 aliphatic rings. The van der Waals surface area contributed by atoms with Crippen molar-refractivity contribution < 1.29 is 0 Å². The van der Waals surface area contributed by atoms with Crippen LogP contribution in [0.1, 0.15) is 0 Å². The minimum Gasteiger partial charge on any atom is -0.805 e. The normalized spacial score (nSPS) is 10.0. The predicted octanol–water partition coefficient (Wildman–Crippen LogP) is 1.72. The monoisotopic (exact) mass is 165 g/mol. The van der Waals surface area contributed by atoms with E-state index in [1.165, 1.54) is 0 Å². The fourth-order valence-electron chi connectivity index (χ4n) is 0.446. The molecule has 0 saturated carbocycles. The standard InChI is InChI=1S/C4H3Cl2N2O/c5-2-1-8(9)4(6)3(2)7/h1H,7H2/q-1. The first-order valence-electron chi connectivity index (χ1n) is 2.12. The summed E-state index contributed by atoms with van der Waals surface area (Å²) in [6, 6.07) is 0. The van der Waals surface area contributed by atoms with Crippen LogP contribution in [0.4, 0.5) is 5.69 Å². The van der Waals surface area contributed by atoms with E-state index in [2.05, 4.69) is 0 Å². The van der Waals surface area contributed by atoms with Crippen molar-refractivity contribution in [3.8, 4) is 0 Å². The highest BCUT2D eigenvalue weighted by atomic mass is 35.5. The van der Waals surface area contributed by atoms with Crippen molar-refractivity contribution >= 4 is 28.9 Å². The van der Waals surface area contributed by atoms with Crippen molar-refractivity contribution in [2.24, 2.45) is 0 Å². The summed E-state index contributed by atoms with van der Waals surface area (Å²) in [5, 5.41) is 10.6. The second kappa shape index (κ2) is 2.01. The molecule has 0 aliphatic heterocycles. The lowest BCUT2D eigenvalue weighted by atomic mass is 10.6. The van der Waals surface area contributed by atoms with Crippen LogP contribution >= 0.6 is 23.2 Å². The Labute approximate surface area is 61.5 Å². The van der Waals surface area contributed by atoms with Crippen molar-refractivity contribution in [2.45, 2.75) is 0 Å². The maximum Gasteiger partial charge on any atom is 0.129 e. The number of nitrogens with two attached hydrogens (primary N) is 1. The van der Waals surface area contributed by atoms with Crippen LogP contribution in [0.2, 0.25) is 10.2 Å². The van der Waals surface area contributed by atoms with Gasteiger partial charge in [0.1, 0.15) is 5.15 Å². The highest BCUT2D eigenvalue weighted by molar-refractivity contribution is 6.38. The van der Waals surface area contributed by atoms with Gasteiger partial charge in [0.05, 0.1) is 10.7 Å². The number of aromatic nitrogens is 1. The van der Waals surface area contributed by atoms with E-state index in [1.54, 1.807) is 0 Å². The van der Waals surface area contributed by atoms with E-state index in [0.717, 1.165) is 6.20 Å². The fourth-order valence-corrected chi connectivity index (χ4v) is 0.824. The molecule has 50 valence electrons. The topological polar surface area (TPSA) is 54.0 Å². The molecule has 1 aromatic heterocycles. The van der Waals surface area contributed by atoms with E-state index in [4.69, 9.17) is 28.9 Å². The summed E-state index contributed by atoms with van der Waals surface area (Å²) >= 11 is 10.7. The number of hydrogen-bond acceptors (Lipinski definition) is 2. The summed E-state index contributed by atoms with van der Waals surface area (Å²) < 4.78 is 0.416. The van der Waals surface area contributed by atoms with Crippen LogP contribution in [0.5, 0.6) is 0 Å². The average Bonchev–Trinajstić information content (AvgIpc) is 1.98. The average molecular weight is 166 g/mol. The van der Waals surface area contributed by atoms with Crippen LogP contribution < -0.4 is 5.73 Å². The first-order valence-corrected chi connectivity index (χ1v) is 2.88. The number of anilines is 1. The van der Waals surface area contributed by atoms with Crippen LogP contribution in [0.25, 0.3) is 0 Å². The summed E-state index contributed by atoms with van der Waals surface area (Å²) in [5.74, 6) is 0. The third-order valence-corrected chi connectivity index (χ3v) is 1.58. The third kappa shape index (κ3) is 0.930. The highest BCUT2D eigenvalue weighted by Gasteiger charge is 2.02. The van der Waals surface area contributed by atoms with E-state index < -0.39 is 0 Å². The van der Waals surface area contributed by atoms with Crippen LogP contribution in [-0.4, -0.2) is 4.73 Å². The van der Waals surface area contributed by atoms with Crippen LogP contribution in [0.3, 0.4) is 0 Å². The molecular weight excluding hydrogens is 163 g/mol. The van der Waals surface area contributed by atoms with Gasteiger partial charge in [-0.3, -0.25) is 0 Å². The van der Waals surface area contributed by atoms with E-state index >= 15 is 0 Å². The SMILES string of the molecule is Nc1c(Cl)cn([O-])c1Cl. The van der Waals surface area contributed by atoms with Crippen molar-refractivity contribution in [1.29, 1.82) is 0 Å². The first kappa shape index (κ1) is 6.58. The molecule has 0 fully saturated rings. The number of halogens is 2. The van der Waals surface area contributed by atoms with Crippen molar-refractivity contribution in [2.75, 3.05) is 5.73 Å². The van der Waals surface area contributed by atoms with Gasteiger partial charge in [0, 0.05) is 6.20 Å². The van der Waals surface area contributed by atoms with E-state index in [1.807, 2.05) is 0 Å². The van der Waals surface area contributed by atoms with Crippen molar-refractivity contribution in [1.82, 2.24) is 4.73 Å². The second-order valence-electron chi connectivity index (χ2n) is 1.51. The Bertz CT molecular complexity index is 210. The summed E-state index contributed by atoms with van der Waals surface area (Å²) in [6.07, 6.45) is 1.11. The Morgan fingerprint density at radius 1 is 1.56 bits per heavy atom. The van der Waals surface area contributed by atoms with E-state index in [0.29, 0.717) is 4.73 Å². The Morgan fingerprint density at radius 2 is 2.11 bits per heavy atom. The zero-order valence-corrected chi connectivity index (χ0v) is 5.78. The molecule has 0 atom stereocenters. The van der Waals surface area contributed by atoms with Gasteiger partial charge in [-0.15, -0.1) is 0 Å². The lowest BCUT2D eigenvalue weighted by Crippen LogP contribution is -1.84. The molecule has 0 radical (unpaired) electrons. The first-order chi connectivity index (χ1) is 4.13. The molecule has 1 rings (SSSR count). The van der Waals surface area contributed by atoms with E-state index in [-0.39, 0.29) is 15.9 Å². The van der Waals surface area contributed by atoms with Gasteiger partial charge in [-0.2, -0.15) is 0 Å². The van der Waals surface area contributed by atoms with Gasteiger partial charge in [0.2, 0.25) is 0 Å². The zero-order chi connectivity index (χ0) is 7.02. The molecule has 0 unspecified atom stereocenters. The molecule has 1 heterocycles. The lowest BCUT2D eigenvalue weighted by Gasteiger charge is -2.04. The molecule has 1 aromatic rings. The number of nitrogen functional groups attached to an aromatic ring is 1. The van der Waals surface area contributed by atoms with Gasteiger partial charge >= 0.3 is 0 Å². The van der Waals surface area contributed by atoms with Crippen LogP contribution in [-0.2, 0) is 0 Å². The van der Waals surface area contributed by atoms with Crippen LogP contribution in [0.15, 0.2) is 6.20 Å². The molecule has 9 heavy (non-hydrogen) atoms. The quantitative estimate of drug-likeness (QED) is 0.637. The summed E-state index contributed by atoms with van der Waals surface area (Å²) in [4.78, 5) is 0. The molecule has 0 spiro atoms. The molecule has 0 aliphatic carbocycles. The van der Waals surface area contributed by atoms with Crippen LogP contribution in [0, 0.1) is 5.21 Å². The summed E-state index contributed by atoms with van der Waals surface area (Å²) in [7, 11) is 0. The fraction of sp³-hybridized carbons (Fsp3) is 0. The Balaban J connectivity index is 3.29. The number of rotatable bonds is 0. The summed E-state index contributed by atoms with van der Waals surface area (Å²) in [6.45, 7) is 0. The zero-order valence-electron chi connectivity index (χ0n) is 4.27. The molecule has 5 heteroatoms. The molecule has 0 amide bonds. The predicted molar refractivity (Wildman–Crippen MR) is 37.6 cm³/mol.